The van der Waals surface area contributed by atoms with Crippen LogP contribution in [0.3, 0.4) is 0 Å². The second-order valence-corrected chi connectivity index (χ2v) is 8.44. The van der Waals surface area contributed by atoms with Gasteiger partial charge in [-0.15, -0.1) is 24.0 Å². The quantitative estimate of drug-likeness (QED) is 0.361. The SMILES string of the molecule is CN=C(NCCN1CCS(=O)(=O)CC1)N(C)Cc1ccccc1OC.I. The maximum atomic E-state index is 11.5. The predicted molar refractivity (Wildman–Crippen MR) is 116 cm³/mol. The third-order valence-corrected chi connectivity index (χ3v) is 5.93. The van der Waals surface area contributed by atoms with Crippen LogP contribution in [0.2, 0.25) is 0 Å². The number of benzene rings is 1. The summed E-state index contributed by atoms with van der Waals surface area (Å²) < 4.78 is 28.3. The highest BCUT2D eigenvalue weighted by molar-refractivity contribution is 14.0. The number of para-hydroxylation sites is 1. The van der Waals surface area contributed by atoms with Crippen molar-refractivity contribution in [3.8, 4) is 5.75 Å². The molecule has 1 aliphatic heterocycles. The summed E-state index contributed by atoms with van der Waals surface area (Å²) in [4.78, 5) is 8.53. The Morgan fingerprint density at radius 2 is 1.96 bits per heavy atom. The van der Waals surface area contributed by atoms with Gasteiger partial charge in [-0.3, -0.25) is 9.89 Å². The molecule has 0 atom stereocenters. The Labute approximate surface area is 173 Å². The second-order valence-electron chi connectivity index (χ2n) is 6.14. The van der Waals surface area contributed by atoms with Crippen molar-refractivity contribution in [3.63, 3.8) is 0 Å². The van der Waals surface area contributed by atoms with Gasteiger partial charge < -0.3 is 15.0 Å². The average Bonchev–Trinajstić information content (AvgIpc) is 2.60. The number of rotatable bonds is 6. The van der Waals surface area contributed by atoms with Crippen LogP contribution in [-0.2, 0) is 16.4 Å². The van der Waals surface area contributed by atoms with E-state index in [1.807, 2.05) is 36.2 Å². The number of guanidine groups is 1. The molecule has 1 aromatic carbocycles. The van der Waals surface area contributed by atoms with Crippen LogP contribution in [0, 0.1) is 0 Å². The summed E-state index contributed by atoms with van der Waals surface area (Å²) >= 11 is 0. The number of hydrogen-bond acceptors (Lipinski definition) is 5. The molecule has 1 aliphatic rings. The Morgan fingerprint density at radius 1 is 1.31 bits per heavy atom. The van der Waals surface area contributed by atoms with Crippen molar-refractivity contribution >= 4 is 39.8 Å². The lowest BCUT2D eigenvalue weighted by Gasteiger charge is -2.28. The van der Waals surface area contributed by atoms with Gasteiger partial charge >= 0.3 is 0 Å². The average molecular weight is 496 g/mol. The highest BCUT2D eigenvalue weighted by Crippen LogP contribution is 2.18. The van der Waals surface area contributed by atoms with Crippen LogP contribution < -0.4 is 10.1 Å². The van der Waals surface area contributed by atoms with Gasteiger partial charge in [-0.05, 0) is 6.07 Å². The van der Waals surface area contributed by atoms with Gasteiger partial charge in [0.25, 0.3) is 0 Å². The number of halogens is 1. The highest BCUT2D eigenvalue weighted by atomic mass is 127. The Bertz CT molecular complexity index is 683. The molecule has 1 saturated heterocycles. The molecular formula is C17H29IN4O3S. The number of nitrogens with zero attached hydrogens (tertiary/aromatic N) is 3. The van der Waals surface area contributed by atoms with Crippen LogP contribution in [0.4, 0.5) is 0 Å². The molecule has 1 fully saturated rings. The Hall–Kier alpha value is -1.07. The fourth-order valence-corrected chi connectivity index (χ4v) is 4.13. The molecule has 26 heavy (non-hydrogen) atoms. The van der Waals surface area contributed by atoms with Crippen LogP contribution in [-0.4, -0.2) is 83.1 Å². The first-order valence-corrected chi connectivity index (χ1v) is 10.2. The molecule has 0 unspecified atom stereocenters. The molecule has 1 N–H and O–H groups in total. The van der Waals surface area contributed by atoms with Crippen LogP contribution in [0.1, 0.15) is 5.56 Å². The van der Waals surface area contributed by atoms with E-state index in [2.05, 4.69) is 15.2 Å². The zero-order valence-electron chi connectivity index (χ0n) is 15.6. The van der Waals surface area contributed by atoms with E-state index in [1.54, 1.807) is 14.2 Å². The summed E-state index contributed by atoms with van der Waals surface area (Å²) in [7, 11) is 2.59. The molecule has 0 saturated carbocycles. The minimum absolute atomic E-state index is 0. The summed E-state index contributed by atoms with van der Waals surface area (Å²) in [5.41, 5.74) is 1.09. The third kappa shape index (κ3) is 6.92. The topological polar surface area (TPSA) is 74.2 Å². The molecule has 0 aliphatic carbocycles. The molecule has 0 radical (unpaired) electrons. The minimum Gasteiger partial charge on any atom is -0.496 e. The van der Waals surface area contributed by atoms with Crippen molar-refractivity contribution < 1.29 is 13.2 Å². The van der Waals surface area contributed by atoms with E-state index < -0.39 is 9.84 Å². The number of sulfone groups is 1. The van der Waals surface area contributed by atoms with Crippen LogP contribution >= 0.6 is 24.0 Å². The zero-order valence-corrected chi connectivity index (χ0v) is 18.8. The van der Waals surface area contributed by atoms with Gasteiger partial charge in [0.1, 0.15) is 5.75 Å². The van der Waals surface area contributed by atoms with E-state index >= 15 is 0 Å². The zero-order chi connectivity index (χ0) is 18.3. The maximum Gasteiger partial charge on any atom is 0.193 e. The van der Waals surface area contributed by atoms with Gasteiger partial charge in [-0.2, -0.15) is 0 Å². The number of ether oxygens (including phenoxy) is 1. The molecular weight excluding hydrogens is 467 g/mol. The van der Waals surface area contributed by atoms with Crippen molar-refractivity contribution in [2.24, 2.45) is 4.99 Å². The molecule has 0 aromatic heterocycles. The highest BCUT2D eigenvalue weighted by Gasteiger charge is 2.21. The van der Waals surface area contributed by atoms with Gasteiger partial charge in [0, 0.05) is 52.4 Å². The lowest BCUT2D eigenvalue weighted by atomic mass is 10.2. The molecule has 148 valence electrons. The van der Waals surface area contributed by atoms with E-state index in [4.69, 9.17) is 4.74 Å². The lowest BCUT2D eigenvalue weighted by molar-refractivity contribution is 0.298. The molecule has 7 nitrogen and oxygen atoms in total. The van der Waals surface area contributed by atoms with E-state index in [9.17, 15) is 8.42 Å². The predicted octanol–water partition coefficient (Wildman–Crippen LogP) is 1.05. The van der Waals surface area contributed by atoms with Crippen LogP contribution in [0.5, 0.6) is 5.75 Å². The van der Waals surface area contributed by atoms with E-state index in [0.717, 1.165) is 30.4 Å². The molecule has 0 spiro atoms. The molecule has 0 amide bonds. The molecule has 0 bridgehead atoms. The van der Waals surface area contributed by atoms with Crippen molar-refractivity contribution in [3.05, 3.63) is 29.8 Å². The fraction of sp³-hybridized carbons (Fsp3) is 0.588. The number of nitrogens with one attached hydrogen (secondary N) is 1. The molecule has 1 heterocycles. The van der Waals surface area contributed by atoms with E-state index in [0.29, 0.717) is 19.6 Å². The fourth-order valence-electron chi connectivity index (χ4n) is 2.85. The van der Waals surface area contributed by atoms with Gasteiger partial charge in [-0.25, -0.2) is 8.42 Å². The smallest absolute Gasteiger partial charge is 0.193 e. The third-order valence-electron chi connectivity index (χ3n) is 4.32. The van der Waals surface area contributed by atoms with Crippen molar-refractivity contribution in [2.45, 2.75) is 6.54 Å². The monoisotopic (exact) mass is 496 g/mol. The number of hydrogen-bond donors (Lipinski definition) is 1. The maximum absolute atomic E-state index is 11.5. The van der Waals surface area contributed by atoms with Gasteiger partial charge in [0.05, 0.1) is 18.6 Å². The molecule has 9 heteroatoms. The van der Waals surface area contributed by atoms with Crippen LogP contribution in [0.25, 0.3) is 0 Å². The van der Waals surface area contributed by atoms with Gasteiger partial charge in [0.2, 0.25) is 0 Å². The first-order chi connectivity index (χ1) is 11.9. The number of aliphatic imine (C=N–C) groups is 1. The van der Waals surface area contributed by atoms with Crippen molar-refractivity contribution in [2.75, 3.05) is 58.9 Å². The first kappa shape index (κ1) is 23.0. The second kappa shape index (κ2) is 10.9. The first-order valence-electron chi connectivity index (χ1n) is 8.41. The Balaban J connectivity index is 0.00000338. The minimum atomic E-state index is -2.82. The summed E-state index contributed by atoms with van der Waals surface area (Å²) in [5, 5.41) is 3.34. The summed E-state index contributed by atoms with van der Waals surface area (Å²) in [6.45, 7) is 3.44. The summed E-state index contributed by atoms with van der Waals surface area (Å²) in [5.74, 6) is 2.18. The summed E-state index contributed by atoms with van der Waals surface area (Å²) in [6.07, 6.45) is 0. The van der Waals surface area contributed by atoms with Gasteiger partial charge in [0.15, 0.2) is 15.8 Å². The lowest BCUT2D eigenvalue weighted by Crippen LogP contribution is -2.46. The van der Waals surface area contributed by atoms with Crippen molar-refractivity contribution in [1.29, 1.82) is 0 Å². The molecule has 1 aromatic rings. The van der Waals surface area contributed by atoms with Crippen LogP contribution in [0.15, 0.2) is 29.3 Å². The molecule has 2 rings (SSSR count). The van der Waals surface area contributed by atoms with E-state index in [-0.39, 0.29) is 35.5 Å². The normalized spacial score (nSPS) is 17.3. The van der Waals surface area contributed by atoms with E-state index in [1.165, 1.54) is 0 Å². The van der Waals surface area contributed by atoms with Crippen molar-refractivity contribution in [1.82, 2.24) is 15.1 Å². The van der Waals surface area contributed by atoms with Gasteiger partial charge in [-0.1, -0.05) is 18.2 Å². The standard InChI is InChI=1S/C17H28N4O3S.HI/c1-18-17(19-8-9-21-10-12-25(22,23)13-11-21)20(2)14-15-6-4-5-7-16(15)24-3;/h4-7H,8-14H2,1-3H3,(H,18,19);1H. The largest absolute Gasteiger partial charge is 0.496 e. The Kier molecular flexibility index (Phi) is 9.66. The summed E-state index contributed by atoms with van der Waals surface area (Å²) in [6, 6.07) is 7.93. The number of methoxy groups -OCH3 is 1. The Morgan fingerprint density at radius 3 is 2.58 bits per heavy atom.